The summed E-state index contributed by atoms with van der Waals surface area (Å²) in [6.45, 7) is 0.997. The largest absolute Gasteiger partial charge is 0.455 e. The van der Waals surface area contributed by atoms with E-state index in [1.165, 1.54) is 0 Å². The second kappa shape index (κ2) is 9.75. The third kappa shape index (κ3) is 5.40. The Hall–Kier alpha value is -3.50. The molecular formula is C26H22N5Zn-. The van der Waals surface area contributed by atoms with Crippen molar-refractivity contribution in [3.05, 3.63) is 95.7 Å². The topological polar surface area (TPSA) is 60.6 Å². The van der Waals surface area contributed by atoms with Crippen LogP contribution in [0.15, 0.2) is 66.9 Å². The molecule has 154 valence electrons. The molecule has 6 heteroatoms. The van der Waals surface area contributed by atoms with Crippen molar-refractivity contribution in [2.24, 2.45) is 0 Å². The minimum Gasteiger partial charge on any atom is -0.455 e. The number of aromatic nitrogens is 4. The number of hydrogen-bond donors (Lipinski definition) is 2. The number of H-pyrrole nitrogens is 2. The smallest absolute Gasteiger partial charge is 0.0659 e. The molecule has 0 aromatic carbocycles. The van der Waals surface area contributed by atoms with Crippen molar-refractivity contribution in [2.75, 3.05) is 13.6 Å². The molecule has 0 aliphatic carbocycles. The summed E-state index contributed by atoms with van der Waals surface area (Å²) in [5.41, 5.74) is 7.86. The Labute approximate surface area is 199 Å². The standard InChI is InChI=1S/C20H14N4.C6H8N.Zn/c1-2-14-10-16-5-6-18(23-16)12-20-8-7-19(24-20)11-17-4-3-15(22-17)9-13(1)21-14;1-7-5-3-2-4-6-7;/h1-12,21-22H;3-5H,6H2,1H3;/q;-1;. The second-order valence-electron chi connectivity index (χ2n) is 7.53. The summed E-state index contributed by atoms with van der Waals surface area (Å²) in [5.74, 6) is 0. The van der Waals surface area contributed by atoms with Gasteiger partial charge in [-0.05, 0) is 79.9 Å². The molecule has 3 aliphatic rings. The van der Waals surface area contributed by atoms with E-state index in [1.807, 2.05) is 67.9 Å². The molecule has 0 saturated heterocycles. The van der Waals surface area contributed by atoms with Gasteiger partial charge < -0.3 is 14.9 Å². The maximum atomic E-state index is 4.62. The summed E-state index contributed by atoms with van der Waals surface area (Å²) in [6.07, 6.45) is 16.9. The third-order valence-corrected chi connectivity index (χ3v) is 4.96. The minimum atomic E-state index is 0. The first-order valence-corrected chi connectivity index (χ1v) is 10.2. The van der Waals surface area contributed by atoms with E-state index in [-0.39, 0.29) is 19.5 Å². The number of nitrogens with one attached hydrogen (secondary N) is 2. The average Bonchev–Trinajstić information content (AvgIpc) is 3.55. The van der Waals surface area contributed by atoms with E-state index in [9.17, 15) is 0 Å². The van der Waals surface area contributed by atoms with Crippen molar-refractivity contribution in [3.63, 3.8) is 0 Å². The Morgan fingerprint density at radius 3 is 1.59 bits per heavy atom. The molecule has 6 heterocycles. The van der Waals surface area contributed by atoms with Gasteiger partial charge in [0.05, 0.1) is 22.8 Å². The van der Waals surface area contributed by atoms with E-state index < -0.39 is 0 Å². The molecule has 0 unspecified atom stereocenters. The first-order valence-electron chi connectivity index (χ1n) is 10.2. The van der Waals surface area contributed by atoms with Crippen LogP contribution in [0.25, 0.3) is 46.4 Å². The number of likely N-dealkylation sites (N-methyl/N-ethyl adjacent to an activating group) is 1. The summed E-state index contributed by atoms with van der Waals surface area (Å²) in [6, 6.07) is 16.4. The number of nitrogens with zero attached hydrogens (tertiary/aromatic N) is 3. The van der Waals surface area contributed by atoms with Crippen molar-refractivity contribution in [1.82, 2.24) is 24.8 Å². The predicted molar refractivity (Wildman–Crippen MR) is 128 cm³/mol. The van der Waals surface area contributed by atoms with E-state index in [0.717, 1.165) is 51.4 Å². The third-order valence-electron chi connectivity index (χ3n) is 4.96. The SMILES string of the molecule is C1=Cc2cc3ccc(cc4ccc(cc5nc(cc1n2)C=C5)[nH]4)[nH]3.CN1C=C[C-]=CC1.[Zn]. The average molecular weight is 470 g/mol. The Kier molecular flexibility index (Phi) is 6.62. The second-order valence-corrected chi connectivity index (χ2v) is 7.53. The van der Waals surface area contributed by atoms with Crippen LogP contribution in [0.5, 0.6) is 0 Å². The molecule has 3 aromatic rings. The molecule has 8 bridgehead atoms. The van der Waals surface area contributed by atoms with Crippen molar-refractivity contribution < 1.29 is 19.5 Å². The van der Waals surface area contributed by atoms with Crippen LogP contribution in [0.3, 0.4) is 0 Å². The molecule has 0 saturated carbocycles. The molecule has 5 nitrogen and oxygen atoms in total. The van der Waals surface area contributed by atoms with Crippen molar-refractivity contribution in [1.29, 1.82) is 0 Å². The van der Waals surface area contributed by atoms with Crippen molar-refractivity contribution in [3.8, 4) is 0 Å². The summed E-state index contributed by atoms with van der Waals surface area (Å²) in [5, 5.41) is 0. The fraction of sp³-hybridized carbons (Fsp3) is 0.0769. The van der Waals surface area contributed by atoms with Gasteiger partial charge in [0.2, 0.25) is 0 Å². The van der Waals surface area contributed by atoms with E-state index in [2.05, 4.69) is 61.2 Å². The number of rotatable bonds is 0. The fourth-order valence-electron chi connectivity index (χ4n) is 3.44. The summed E-state index contributed by atoms with van der Waals surface area (Å²) >= 11 is 0. The van der Waals surface area contributed by atoms with Gasteiger partial charge in [0.25, 0.3) is 0 Å². The van der Waals surface area contributed by atoms with E-state index >= 15 is 0 Å². The van der Waals surface area contributed by atoms with Crippen LogP contribution in [0.2, 0.25) is 0 Å². The fourth-order valence-corrected chi connectivity index (χ4v) is 3.44. The molecule has 32 heavy (non-hydrogen) atoms. The van der Waals surface area contributed by atoms with Crippen molar-refractivity contribution >= 4 is 46.4 Å². The van der Waals surface area contributed by atoms with Gasteiger partial charge in [-0.1, -0.05) is 0 Å². The first kappa shape index (κ1) is 21.7. The van der Waals surface area contributed by atoms with Crippen LogP contribution >= 0.6 is 0 Å². The van der Waals surface area contributed by atoms with Crippen LogP contribution in [-0.2, 0) is 19.5 Å². The predicted octanol–water partition coefficient (Wildman–Crippen LogP) is 5.46. The van der Waals surface area contributed by atoms with Gasteiger partial charge in [-0.15, -0.1) is 6.20 Å². The number of aromatic amines is 2. The van der Waals surface area contributed by atoms with Gasteiger partial charge in [0.1, 0.15) is 0 Å². The summed E-state index contributed by atoms with van der Waals surface area (Å²) < 4.78 is 0. The van der Waals surface area contributed by atoms with Crippen LogP contribution in [0.1, 0.15) is 22.8 Å². The van der Waals surface area contributed by atoms with Crippen LogP contribution in [0.4, 0.5) is 0 Å². The zero-order chi connectivity index (χ0) is 21.0. The van der Waals surface area contributed by atoms with Gasteiger partial charge in [-0.3, -0.25) is 6.08 Å². The van der Waals surface area contributed by atoms with Crippen molar-refractivity contribution in [2.45, 2.75) is 0 Å². The maximum absolute atomic E-state index is 4.62. The minimum absolute atomic E-state index is 0. The Bertz CT molecular complexity index is 1300. The van der Waals surface area contributed by atoms with Gasteiger partial charge >= 0.3 is 0 Å². The van der Waals surface area contributed by atoms with Gasteiger partial charge in [0, 0.05) is 48.1 Å². The molecule has 6 rings (SSSR count). The molecule has 3 aromatic heterocycles. The number of fused-ring (bicyclic) bond motifs is 8. The monoisotopic (exact) mass is 468 g/mol. The maximum Gasteiger partial charge on any atom is 0.0659 e. The van der Waals surface area contributed by atoms with Gasteiger partial charge in [-0.2, -0.15) is 6.08 Å². The molecule has 0 radical (unpaired) electrons. The number of allylic oxidation sites excluding steroid dienone is 2. The summed E-state index contributed by atoms with van der Waals surface area (Å²) in [7, 11) is 2.04. The van der Waals surface area contributed by atoms with Gasteiger partial charge in [0.15, 0.2) is 0 Å². The van der Waals surface area contributed by atoms with E-state index in [0.29, 0.717) is 0 Å². The van der Waals surface area contributed by atoms with E-state index in [1.54, 1.807) is 0 Å². The van der Waals surface area contributed by atoms with Crippen LogP contribution in [0, 0.1) is 6.08 Å². The molecule has 0 fully saturated rings. The molecule has 0 atom stereocenters. The molecule has 2 N–H and O–H groups in total. The zero-order valence-corrected chi connectivity index (χ0v) is 20.9. The van der Waals surface area contributed by atoms with E-state index in [4.69, 9.17) is 0 Å². The number of hydrogen-bond acceptors (Lipinski definition) is 3. The Balaban J connectivity index is 0.000000265. The normalized spacial score (nSPS) is 13.5. The Morgan fingerprint density at radius 1 is 0.719 bits per heavy atom. The molecular weight excluding hydrogens is 448 g/mol. The molecule has 0 amide bonds. The molecule has 3 aliphatic heterocycles. The van der Waals surface area contributed by atoms with Crippen LogP contribution < -0.4 is 0 Å². The quantitative estimate of drug-likeness (QED) is 0.234. The summed E-state index contributed by atoms with van der Waals surface area (Å²) in [4.78, 5) is 18.1. The Morgan fingerprint density at radius 2 is 1.19 bits per heavy atom. The molecule has 0 spiro atoms. The zero-order valence-electron chi connectivity index (χ0n) is 17.9. The van der Waals surface area contributed by atoms with Gasteiger partial charge in [-0.25, -0.2) is 16.0 Å². The van der Waals surface area contributed by atoms with Crippen LogP contribution in [-0.4, -0.2) is 38.4 Å². The first-order chi connectivity index (χ1) is 15.2.